The number of nitrogens with one attached hydrogen (secondary N) is 1. The summed E-state index contributed by atoms with van der Waals surface area (Å²) in [6, 6.07) is 9.56. The maximum Gasteiger partial charge on any atom is 0.271 e. The number of nitrogens with zero attached hydrogens (tertiary/aromatic N) is 2. The van der Waals surface area contributed by atoms with Gasteiger partial charge in [0.25, 0.3) is 5.69 Å². The molecule has 0 spiro atoms. The highest BCUT2D eigenvalue weighted by Gasteiger charge is 2.24. The van der Waals surface area contributed by atoms with E-state index < -0.39 is 27.4 Å². The van der Waals surface area contributed by atoms with Gasteiger partial charge in [0.05, 0.1) is 23.4 Å². The van der Waals surface area contributed by atoms with Crippen LogP contribution in [0.2, 0.25) is 0 Å². The summed E-state index contributed by atoms with van der Waals surface area (Å²) in [5.74, 6) is 0.171. The maximum atomic E-state index is 12.3. The summed E-state index contributed by atoms with van der Waals surface area (Å²) in [7, 11) is -3.84. The number of carbonyl (C=O) groups is 1. The number of aryl methyl sites for hydroxylation is 2. The molecule has 162 valence electrons. The van der Waals surface area contributed by atoms with E-state index in [0.717, 1.165) is 27.8 Å². The molecule has 0 radical (unpaired) electrons. The lowest BCUT2D eigenvalue weighted by Gasteiger charge is -2.23. The number of carbonyl (C=O) groups excluding carboxylic acids is 1. The van der Waals surface area contributed by atoms with E-state index in [-0.39, 0.29) is 24.5 Å². The standard InChI is InChI=1S/C20H25N3O6S/c1-14-6-5-7-19(16(14)3)29-11-10-21-20(24)13-22(30(4,27)28)18-12-17(23(25)26)9-8-15(18)2/h5-9,12H,10-11,13H2,1-4H3,(H,21,24). The van der Waals surface area contributed by atoms with Crippen molar-refractivity contribution in [3.8, 4) is 5.75 Å². The van der Waals surface area contributed by atoms with Gasteiger partial charge in [-0.1, -0.05) is 18.2 Å². The van der Waals surface area contributed by atoms with Crippen molar-refractivity contribution in [1.82, 2.24) is 5.32 Å². The zero-order valence-corrected chi connectivity index (χ0v) is 18.2. The van der Waals surface area contributed by atoms with Gasteiger partial charge in [-0.05, 0) is 43.5 Å². The number of nitro benzene ring substituents is 1. The average Bonchev–Trinajstić information content (AvgIpc) is 2.66. The van der Waals surface area contributed by atoms with E-state index >= 15 is 0 Å². The quantitative estimate of drug-likeness (QED) is 0.367. The zero-order chi connectivity index (χ0) is 22.5. The SMILES string of the molecule is Cc1ccc([N+](=O)[O-])cc1N(CC(=O)NCCOc1cccc(C)c1C)S(C)(=O)=O. The Labute approximate surface area is 175 Å². The maximum absolute atomic E-state index is 12.3. The summed E-state index contributed by atoms with van der Waals surface area (Å²) in [6.07, 6.45) is 0.947. The Balaban J connectivity index is 2.04. The molecule has 0 saturated heterocycles. The number of ether oxygens (including phenoxy) is 1. The van der Waals surface area contributed by atoms with Gasteiger partial charge < -0.3 is 10.1 Å². The lowest BCUT2D eigenvalue weighted by atomic mass is 10.1. The molecule has 0 aliphatic rings. The number of amides is 1. The average molecular weight is 436 g/mol. The zero-order valence-electron chi connectivity index (χ0n) is 17.3. The second kappa shape index (κ2) is 9.57. The molecular formula is C20H25N3O6S. The van der Waals surface area contributed by atoms with Gasteiger partial charge in [-0.25, -0.2) is 8.42 Å². The minimum atomic E-state index is -3.84. The molecule has 0 bridgehead atoms. The topological polar surface area (TPSA) is 119 Å². The summed E-state index contributed by atoms with van der Waals surface area (Å²) in [6.45, 7) is 5.42. The lowest BCUT2D eigenvalue weighted by molar-refractivity contribution is -0.384. The van der Waals surface area contributed by atoms with E-state index in [2.05, 4.69) is 5.32 Å². The fourth-order valence-electron chi connectivity index (χ4n) is 2.78. The van der Waals surface area contributed by atoms with Crippen LogP contribution >= 0.6 is 0 Å². The van der Waals surface area contributed by atoms with Gasteiger partial charge in [-0.15, -0.1) is 0 Å². The molecule has 30 heavy (non-hydrogen) atoms. The third-order valence-electron chi connectivity index (χ3n) is 4.60. The third kappa shape index (κ3) is 5.93. The monoisotopic (exact) mass is 435 g/mol. The van der Waals surface area contributed by atoms with Crippen molar-refractivity contribution in [1.29, 1.82) is 0 Å². The van der Waals surface area contributed by atoms with Crippen molar-refractivity contribution in [3.63, 3.8) is 0 Å². The van der Waals surface area contributed by atoms with Crippen LogP contribution in [-0.4, -0.2) is 45.2 Å². The molecule has 10 heteroatoms. The van der Waals surface area contributed by atoms with E-state index in [1.807, 2.05) is 32.0 Å². The summed E-state index contributed by atoms with van der Waals surface area (Å²) < 4.78 is 31.0. The van der Waals surface area contributed by atoms with Gasteiger partial charge >= 0.3 is 0 Å². The summed E-state index contributed by atoms with van der Waals surface area (Å²) in [4.78, 5) is 22.8. The van der Waals surface area contributed by atoms with Gasteiger partial charge in [0, 0.05) is 12.1 Å². The smallest absolute Gasteiger partial charge is 0.271 e. The van der Waals surface area contributed by atoms with Crippen LogP contribution < -0.4 is 14.4 Å². The minimum absolute atomic E-state index is 0.0912. The fraction of sp³-hybridized carbons (Fsp3) is 0.350. The molecule has 0 fully saturated rings. The van der Waals surface area contributed by atoms with E-state index in [9.17, 15) is 23.3 Å². The van der Waals surface area contributed by atoms with Crippen molar-refractivity contribution in [2.45, 2.75) is 20.8 Å². The van der Waals surface area contributed by atoms with E-state index in [0.29, 0.717) is 11.3 Å². The molecule has 2 aromatic rings. The van der Waals surface area contributed by atoms with Crippen LogP contribution in [0.15, 0.2) is 36.4 Å². The normalized spacial score (nSPS) is 11.1. The number of rotatable bonds is 9. The molecule has 0 atom stereocenters. The number of hydrogen-bond donors (Lipinski definition) is 1. The van der Waals surface area contributed by atoms with Gasteiger partial charge in [0.15, 0.2) is 0 Å². The summed E-state index contributed by atoms with van der Waals surface area (Å²) in [5, 5.41) is 13.7. The molecule has 1 N–H and O–H groups in total. The second-order valence-electron chi connectivity index (χ2n) is 6.89. The van der Waals surface area contributed by atoms with Crippen molar-refractivity contribution in [2.75, 3.05) is 30.3 Å². The van der Waals surface area contributed by atoms with Crippen molar-refractivity contribution < 1.29 is 22.9 Å². The first-order chi connectivity index (χ1) is 14.0. The molecular weight excluding hydrogens is 410 g/mol. The molecule has 2 rings (SSSR count). The predicted molar refractivity (Wildman–Crippen MR) is 114 cm³/mol. The minimum Gasteiger partial charge on any atom is -0.491 e. The number of anilines is 1. The predicted octanol–water partition coefficient (Wildman–Crippen LogP) is 2.48. The highest BCUT2D eigenvalue weighted by molar-refractivity contribution is 7.92. The Bertz CT molecular complexity index is 1050. The summed E-state index contributed by atoms with van der Waals surface area (Å²) >= 11 is 0. The second-order valence-corrected chi connectivity index (χ2v) is 8.80. The highest BCUT2D eigenvalue weighted by atomic mass is 32.2. The van der Waals surface area contributed by atoms with Crippen LogP contribution in [-0.2, 0) is 14.8 Å². The van der Waals surface area contributed by atoms with Crippen LogP contribution in [0.25, 0.3) is 0 Å². The number of hydrogen-bond acceptors (Lipinski definition) is 6. The molecule has 9 nitrogen and oxygen atoms in total. The van der Waals surface area contributed by atoms with Crippen LogP contribution in [0.1, 0.15) is 16.7 Å². The first kappa shape index (κ1) is 23.1. The molecule has 0 aliphatic carbocycles. The molecule has 0 heterocycles. The number of non-ortho nitro benzene ring substituents is 1. The van der Waals surface area contributed by atoms with Gasteiger partial charge in [0.2, 0.25) is 15.9 Å². The number of nitro groups is 1. The van der Waals surface area contributed by atoms with Crippen molar-refractivity contribution in [2.24, 2.45) is 0 Å². The molecule has 1 amide bonds. The first-order valence-electron chi connectivity index (χ1n) is 9.19. The van der Waals surface area contributed by atoms with Gasteiger partial charge in [-0.3, -0.25) is 19.2 Å². The third-order valence-corrected chi connectivity index (χ3v) is 5.72. The Kier molecular flexibility index (Phi) is 7.38. The Hall–Kier alpha value is -3.14. The fourth-order valence-corrected chi connectivity index (χ4v) is 3.69. The Morgan fingerprint density at radius 2 is 1.87 bits per heavy atom. The largest absolute Gasteiger partial charge is 0.491 e. The molecule has 2 aromatic carbocycles. The van der Waals surface area contributed by atoms with Crippen LogP contribution in [0.5, 0.6) is 5.75 Å². The highest BCUT2D eigenvalue weighted by Crippen LogP contribution is 2.27. The van der Waals surface area contributed by atoms with E-state index in [4.69, 9.17) is 4.74 Å². The first-order valence-corrected chi connectivity index (χ1v) is 11.0. The molecule has 0 saturated carbocycles. The Morgan fingerprint density at radius 1 is 1.17 bits per heavy atom. The molecule has 0 aliphatic heterocycles. The number of sulfonamides is 1. The van der Waals surface area contributed by atoms with Gasteiger partial charge in [0.1, 0.15) is 18.9 Å². The van der Waals surface area contributed by atoms with E-state index in [1.165, 1.54) is 12.1 Å². The summed E-state index contributed by atoms with van der Waals surface area (Å²) in [5.41, 5.74) is 2.43. The molecule has 0 aromatic heterocycles. The van der Waals surface area contributed by atoms with Crippen LogP contribution in [0.3, 0.4) is 0 Å². The number of benzene rings is 2. The van der Waals surface area contributed by atoms with Crippen molar-refractivity contribution >= 4 is 27.3 Å². The van der Waals surface area contributed by atoms with Gasteiger partial charge in [-0.2, -0.15) is 0 Å². The Morgan fingerprint density at radius 3 is 2.50 bits per heavy atom. The van der Waals surface area contributed by atoms with E-state index in [1.54, 1.807) is 6.92 Å². The van der Waals surface area contributed by atoms with Crippen LogP contribution in [0.4, 0.5) is 11.4 Å². The lowest BCUT2D eigenvalue weighted by Crippen LogP contribution is -2.41. The van der Waals surface area contributed by atoms with Crippen molar-refractivity contribution in [3.05, 3.63) is 63.2 Å². The van der Waals surface area contributed by atoms with Crippen LogP contribution in [0, 0.1) is 30.9 Å². The molecule has 0 unspecified atom stereocenters.